The highest BCUT2D eigenvalue weighted by Gasteiger charge is 2.15. The smallest absolute Gasteiger partial charge is 0.320 e. The number of carbonyl (C=O) groups is 3. The summed E-state index contributed by atoms with van der Waals surface area (Å²) in [6.45, 7) is 0. The summed E-state index contributed by atoms with van der Waals surface area (Å²) in [5.41, 5.74) is 5.49. The summed E-state index contributed by atoms with van der Waals surface area (Å²) < 4.78 is 0. The zero-order chi connectivity index (χ0) is 13.5. The first-order chi connectivity index (χ1) is 8.50. The van der Waals surface area contributed by atoms with Crippen LogP contribution in [0.2, 0.25) is 0 Å². The van der Waals surface area contributed by atoms with Crippen LogP contribution in [0.3, 0.4) is 0 Å². The van der Waals surface area contributed by atoms with E-state index in [4.69, 9.17) is 10.8 Å². The van der Waals surface area contributed by atoms with Crippen LogP contribution in [-0.4, -0.2) is 33.9 Å². The van der Waals surface area contributed by atoms with Gasteiger partial charge in [-0.25, -0.2) is 0 Å². The number of nitrogens with zero attached hydrogens (tertiary/aromatic N) is 1. The van der Waals surface area contributed by atoms with Crippen molar-refractivity contribution >= 4 is 17.8 Å². The number of pyridine rings is 1. The number of hydrogen-bond donors (Lipinski definition) is 3. The van der Waals surface area contributed by atoms with E-state index >= 15 is 0 Å². The second-order valence-electron chi connectivity index (χ2n) is 3.60. The minimum atomic E-state index is -1.18. The zero-order valence-corrected chi connectivity index (χ0v) is 9.50. The molecular weight excluding hydrogens is 238 g/mol. The van der Waals surface area contributed by atoms with Crippen molar-refractivity contribution in [2.45, 2.75) is 18.9 Å². The maximum Gasteiger partial charge on any atom is 0.320 e. The fourth-order valence-corrected chi connectivity index (χ4v) is 1.17. The van der Waals surface area contributed by atoms with E-state index in [0.29, 0.717) is 0 Å². The van der Waals surface area contributed by atoms with Crippen LogP contribution in [0.15, 0.2) is 24.5 Å². The SMILES string of the molecule is NC(CCC(=O)NC(=O)c1cccnc1)C(=O)O. The van der Waals surface area contributed by atoms with Crippen LogP contribution in [0.4, 0.5) is 0 Å². The van der Waals surface area contributed by atoms with Crippen molar-refractivity contribution in [3.63, 3.8) is 0 Å². The lowest BCUT2D eigenvalue weighted by Crippen LogP contribution is -2.34. The molecule has 0 saturated carbocycles. The summed E-state index contributed by atoms with van der Waals surface area (Å²) in [6.07, 6.45) is 2.68. The molecule has 0 radical (unpaired) electrons. The molecular formula is C11H13N3O4. The molecule has 1 unspecified atom stereocenters. The molecule has 7 heteroatoms. The lowest BCUT2D eigenvalue weighted by atomic mass is 10.1. The fraction of sp³-hybridized carbons (Fsp3) is 0.273. The fourth-order valence-electron chi connectivity index (χ4n) is 1.17. The van der Waals surface area contributed by atoms with E-state index < -0.39 is 23.8 Å². The van der Waals surface area contributed by atoms with Crippen LogP contribution < -0.4 is 11.1 Å². The third-order valence-electron chi connectivity index (χ3n) is 2.18. The molecule has 1 aromatic heterocycles. The van der Waals surface area contributed by atoms with Gasteiger partial charge in [0.25, 0.3) is 5.91 Å². The van der Waals surface area contributed by atoms with Gasteiger partial charge in [0, 0.05) is 18.8 Å². The second-order valence-corrected chi connectivity index (χ2v) is 3.60. The van der Waals surface area contributed by atoms with Crippen LogP contribution >= 0.6 is 0 Å². The average molecular weight is 251 g/mol. The molecule has 0 fully saturated rings. The Hall–Kier alpha value is -2.28. The Morgan fingerprint density at radius 1 is 1.44 bits per heavy atom. The van der Waals surface area contributed by atoms with Crippen molar-refractivity contribution in [2.75, 3.05) is 0 Å². The van der Waals surface area contributed by atoms with E-state index in [2.05, 4.69) is 10.3 Å². The first-order valence-electron chi connectivity index (χ1n) is 5.23. The standard InChI is InChI=1S/C11H13N3O4/c12-8(11(17)18)3-4-9(15)14-10(16)7-2-1-5-13-6-7/h1-2,5-6,8H,3-4,12H2,(H,17,18)(H,14,15,16). The van der Waals surface area contributed by atoms with E-state index in [9.17, 15) is 14.4 Å². The average Bonchev–Trinajstić information content (AvgIpc) is 2.36. The maximum absolute atomic E-state index is 11.5. The molecule has 96 valence electrons. The highest BCUT2D eigenvalue weighted by atomic mass is 16.4. The summed E-state index contributed by atoms with van der Waals surface area (Å²) in [6, 6.07) is 1.97. The number of nitrogens with one attached hydrogen (secondary N) is 1. The molecule has 2 amide bonds. The Bertz CT molecular complexity index is 447. The van der Waals surface area contributed by atoms with Crippen molar-refractivity contribution in [1.29, 1.82) is 0 Å². The number of nitrogens with two attached hydrogens (primary N) is 1. The summed E-state index contributed by atoms with van der Waals surface area (Å²) in [7, 11) is 0. The summed E-state index contributed by atoms with van der Waals surface area (Å²) >= 11 is 0. The number of carboxylic acids is 1. The van der Waals surface area contributed by atoms with Crippen LogP contribution in [-0.2, 0) is 9.59 Å². The molecule has 1 aromatic rings. The van der Waals surface area contributed by atoms with Gasteiger partial charge in [-0.05, 0) is 18.6 Å². The van der Waals surface area contributed by atoms with Crippen molar-refractivity contribution in [3.05, 3.63) is 30.1 Å². The van der Waals surface area contributed by atoms with Gasteiger partial charge >= 0.3 is 5.97 Å². The van der Waals surface area contributed by atoms with Crippen molar-refractivity contribution in [2.24, 2.45) is 5.73 Å². The first-order valence-corrected chi connectivity index (χ1v) is 5.23. The van der Waals surface area contributed by atoms with Gasteiger partial charge in [0.1, 0.15) is 6.04 Å². The number of hydrogen-bond acceptors (Lipinski definition) is 5. The van der Waals surface area contributed by atoms with Gasteiger partial charge in [-0.3, -0.25) is 24.7 Å². The van der Waals surface area contributed by atoms with Gasteiger partial charge in [0.15, 0.2) is 0 Å². The van der Waals surface area contributed by atoms with Crippen LogP contribution in [0.1, 0.15) is 23.2 Å². The van der Waals surface area contributed by atoms with Gasteiger partial charge in [0.2, 0.25) is 5.91 Å². The van der Waals surface area contributed by atoms with Gasteiger partial charge in [-0.1, -0.05) is 0 Å². The molecule has 0 bridgehead atoms. The normalized spacial score (nSPS) is 11.6. The molecule has 0 aliphatic rings. The lowest BCUT2D eigenvalue weighted by molar-refractivity contribution is -0.138. The van der Waals surface area contributed by atoms with E-state index in [1.54, 1.807) is 6.07 Å². The minimum absolute atomic E-state index is 0.0263. The molecule has 0 saturated heterocycles. The Kier molecular flexibility index (Phi) is 4.94. The predicted octanol–water partition coefficient (Wildman–Crippen LogP) is -0.470. The molecule has 0 spiro atoms. The molecule has 7 nitrogen and oxygen atoms in total. The Labute approximate surface area is 103 Å². The molecule has 0 aromatic carbocycles. The highest BCUT2D eigenvalue weighted by molar-refractivity contribution is 6.04. The van der Waals surface area contributed by atoms with Crippen LogP contribution in [0.5, 0.6) is 0 Å². The number of amides is 2. The molecule has 4 N–H and O–H groups in total. The topological polar surface area (TPSA) is 122 Å². The monoisotopic (exact) mass is 251 g/mol. The van der Waals surface area contributed by atoms with Gasteiger partial charge < -0.3 is 10.8 Å². The maximum atomic E-state index is 11.5. The van der Waals surface area contributed by atoms with Gasteiger partial charge in [-0.15, -0.1) is 0 Å². The summed E-state index contributed by atoms with van der Waals surface area (Å²) in [4.78, 5) is 37.0. The Morgan fingerprint density at radius 3 is 2.72 bits per heavy atom. The molecule has 1 heterocycles. The van der Waals surface area contributed by atoms with Crippen molar-refractivity contribution in [3.8, 4) is 0 Å². The second kappa shape index (κ2) is 6.45. The molecule has 1 rings (SSSR count). The number of rotatable bonds is 5. The first kappa shape index (κ1) is 13.8. The summed E-state index contributed by atoms with van der Waals surface area (Å²) in [5.74, 6) is -2.32. The van der Waals surface area contributed by atoms with E-state index in [0.717, 1.165) is 0 Å². The Balaban J connectivity index is 2.41. The third kappa shape index (κ3) is 4.30. The number of imide groups is 1. The number of aromatic nitrogens is 1. The molecule has 1 atom stereocenters. The van der Waals surface area contributed by atoms with Crippen molar-refractivity contribution in [1.82, 2.24) is 10.3 Å². The molecule has 0 aliphatic heterocycles. The van der Waals surface area contributed by atoms with Crippen LogP contribution in [0, 0.1) is 0 Å². The van der Waals surface area contributed by atoms with E-state index in [1.165, 1.54) is 18.5 Å². The summed E-state index contributed by atoms with van der Waals surface area (Å²) in [5, 5.41) is 10.6. The third-order valence-corrected chi connectivity index (χ3v) is 2.18. The van der Waals surface area contributed by atoms with Gasteiger partial charge in [0.05, 0.1) is 5.56 Å². The van der Waals surface area contributed by atoms with Gasteiger partial charge in [-0.2, -0.15) is 0 Å². The molecule has 18 heavy (non-hydrogen) atoms. The lowest BCUT2D eigenvalue weighted by Gasteiger charge is -2.06. The van der Waals surface area contributed by atoms with Crippen molar-refractivity contribution < 1.29 is 19.5 Å². The largest absolute Gasteiger partial charge is 0.480 e. The number of carbonyl (C=O) groups excluding carboxylic acids is 2. The Morgan fingerprint density at radius 2 is 2.17 bits per heavy atom. The molecule has 0 aliphatic carbocycles. The van der Waals surface area contributed by atoms with E-state index in [1.807, 2.05) is 0 Å². The number of carboxylic acid groups (broad SMARTS) is 1. The predicted molar refractivity (Wildman–Crippen MR) is 61.6 cm³/mol. The van der Waals surface area contributed by atoms with Crippen LogP contribution in [0.25, 0.3) is 0 Å². The quantitative estimate of drug-likeness (QED) is 0.650. The van der Waals surface area contributed by atoms with E-state index in [-0.39, 0.29) is 18.4 Å². The number of aliphatic carboxylic acids is 1. The highest BCUT2D eigenvalue weighted by Crippen LogP contribution is 1.98. The zero-order valence-electron chi connectivity index (χ0n) is 9.50. The minimum Gasteiger partial charge on any atom is -0.480 e.